The number of aromatic carboxylic acids is 1. The van der Waals surface area contributed by atoms with Crippen molar-refractivity contribution in [2.24, 2.45) is 0 Å². The molecule has 1 saturated heterocycles. The molecule has 2 aromatic carbocycles. The number of carbonyl (C=O) groups is 2. The van der Waals surface area contributed by atoms with Gasteiger partial charge in [-0.2, -0.15) is 0 Å². The number of hydrogen-bond acceptors (Lipinski definition) is 3. The quantitative estimate of drug-likeness (QED) is 0.691. The van der Waals surface area contributed by atoms with E-state index in [1.165, 1.54) is 0 Å². The largest absolute Gasteiger partial charge is 0.478 e. The van der Waals surface area contributed by atoms with Gasteiger partial charge in [-0.3, -0.25) is 4.79 Å². The molecule has 0 bridgehead atoms. The van der Waals surface area contributed by atoms with Crippen molar-refractivity contribution >= 4 is 11.9 Å². The molecule has 2 N–H and O–H groups in total. The van der Waals surface area contributed by atoms with Crippen LogP contribution in [0.15, 0.2) is 66.7 Å². The first-order valence-corrected chi connectivity index (χ1v) is 9.55. The van der Waals surface area contributed by atoms with Crippen LogP contribution in [0.3, 0.4) is 0 Å². The van der Waals surface area contributed by atoms with Gasteiger partial charge in [-0.15, -0.1) is 0 Å². The molecule has 0 spiro atoms. The Morgan fingerprint density at radius 3 is 2.50 bits per heavy atom. The third kappa shape index (κ3) is 5.30. The molecule has 1 aliphatic rings. The maximum atomic E-state index is 12.2. The molecule has 2 atom stereocenters. The van der Waals surface area contributed by atoms with Crippen LogP contribution in [0.4, 0.5) is 0 Å². The second kappa shape index (κ2) is 9.33. The second-order valence-corrected chi connectivity index (χ2v) is 7.09. The molecule has 1 fully saturated rings. The average molecular weight is 379 g/mol. The van der Waals surface area contributed by atoms with Gasteiger partial charge in [0, 0.05) is 19.4 Å². The zero-order valence-corrected chi connectivity index (χ0v) is 15.7. The highest BCUT2D eigenvalue weighted by molar-refractivity contribution is 5.87. The zero-order chi connectivity index (χ0) is 19.9. The Bertz CT molecular complexity index is 829. The predicted octanol–water partition coefficient (Wildman–Crippen LogP) is 3.08. The number of amides is 1. The highest BCUT2D eigenvalue weighted by Gasteiger charge is 2.28. The van der Waals surface area contributed by atoms with Crippen LogP contribution in [-0.2, 0) is 17.6 Å². The molecular weight excluding hydrogens is 354 g/mol. The molecule has 5 heteroatoms. The molecule has 0 unspecified atom stereocenters. The molecule has 1 heterocycles. The molecule has 0 aromatic heterocycles. The van der Waals surface area contributed by atoms with E-state index in [-0.39, 0.29) is 17.5 Å². The van der Waals surface area contributed by atoms with Crippen LogP contribution < -0.4 is 0 Å². The van der Waals surface area contributed by atoms with Gasteiger partial charge in [-0.1, -0.05) is 54.6 Å². The van der Waals surface area contributed by atoms with Crippen LogP contribution in [0, 0.1) is 0 Å². The molecule has 0 aliphatic carbocycles. The Morgan fingerprint density at radius 1 is 1.11 bits per heavy atom. The van der Waals surface area contributed by atoms with Crippen LogP contribution in [0.1, 0.15) is 34.3 Å². The van der Waals surface area contributed by atoms with Gasteiger partial charge in [0.05, 0.1) is 17.7 Å². The SMILES string of the molecule is O=C(O)c1ccc(CCN2C(=O)CC[C@@H]2/C=C/[C@H](O)Cc2ccccc2)cc1. The summed E-state index contributed by atoms with van der Waals surface area (Å²) in [4.78, 5) is 25.0. The Kier molecular flexibility index (Phi) is 6.61. The van der Waals surface area contributed by atoms with E-state index >= 15 is 0 Å². The van der Waals surface area contributed by atoms with E-state index in [9.17, 15) is 14.7 Å². The van der Waals surface area contributed by atoms with Crippen molar-refractivity contribution in [3.05, 3.63) is 83.4 Å². The van der Waals surface area contributed by atoms with Gasteiger partial charge in [0.2, 0.25) is 5.91 Å². The summed E-state index contributed by atoms with van der Waals surface area (Å²) in [6.45, 7) is 0.578. The molecule has 2 aromatic rings. The van der Waals surface area contributed by atoms with Gasteiger partial charge >= 0.3 is 5.97 Å². The highest BCUT2D eigenvalue weighted by Crippen LogP contribution is 2.21. The normalized spacial score (nSPS) is 18.0. The van der Waals surface area contributed by atoms with Crippen molar-refractivity contribution in [1.82, 2.24) is 4.90 Å². The Hall–Kier alpha value is -2.92. The first kappa shape index (κ1) is 19.8. The van der Waals surface area contributed by atoms with Gasteiger partial charge in [0.25, 0.3) is 0 Å². The monoisotopic (exact) mass is 379 g/mol. The van der Waals surface area contributed by atoms with Crippen LogP contribution in [-0.4, -0.2) is 45.7 Å². The number of aliphatic hydroxyl groups is 1. The van der Waals surface area contributed by atoms with Gasteiger partial charge in [-0.25, -0.2) is 4.79 Å². The summed E-state index contributed by atoms with van der Waals surface area (Å²) in [5.41, 5.74) is 2.33. The van der Waals surface area contributed by atoms with E-state index in [4.69, 9.17) is 5.11 Å². The molecule has 146 valence electrons. The van der Waals surface area contributed by atoms with Gasteiger partial charge in [0.15, 0.2) is 0 Å². The average Bonchev–Trinajstić information content (AvgIpc) is 3.05. The van der Waals surface area contributed by atoms with E-state index in [0.717, 1.165) is 17.5 Å². The zero-order valence-electron chi connectivity index (χ0n) is 15.7. The Morgan fingerprint density at radius 2 is 1.82 bits per heavy atom. The number of likely N-dealkylation sites (tertiary alicyclic amines) is 1. The third-order valence-corrected chi connectivity index (χ3v) is 5.06. The van der Waals surface area contributed by atoms with E-state index in [2.05, 4.69) is 0 Å². The maximum Gasteiger partial charge on any atom is 0.335 e. The summed E-state index contributed by atoms with van der Waals surface area (Å²) in [6.07, 6.45) is 5.63. The lowest BCUT2D eigenvalue weighted by atomic mass is 10.1. The minimum atomic E-state index is -0.944. The van der Waals surface area contributed by atoms with E-state index in [1.54, 1.807) is 30.3 Å². The Balaban J connectivity index is 1.55. The van der Waals surface area contributed by atoms with Gasteiger partial charge in [-0.05, 0) is 36.1 Å². The fourth-order valence-electron chi connectivity index (χ4n) is 3.49. The first-order chi connectivity index (χ1) is 13.5. The highest BCUT2D eigenvalue weighted by atomic mass is 16.4. The predicted molar refractivity (Wildman–Crippen MR) is 107 cm³/mol. The molecule has 1 aliphatic heterocycles. The minimum Gasteiger partial charge on any atom is -0.478 e. The number of benzene rings is 2. The van der Waals surface area contributed by atoms with E-state index in [0.29, 0.717) is 25.8 Å². The molecule has 28 heavy (non-hydrogen) atoms. The van der Waals surface area contributed by atoms with Crippen LogP contribution in [0.2, 0.25) is 0 Å². The molecule has 3 rings (SSSR count). The summed E-state index contributed by atoms with van der Waals surface area (Å²) in [5, 5.41) is 19.2. The van der Waals surface area contributed by atoms with Crippen molar-refractivity contribution in [1.29, 1.82) is 0 Å². The molecular formula is C23H25NO4. The summed E-state index contributed by atoms with van der Waals surface area (Å²) in [7, 11) is 0. The van der Waals surface area contributed by atoms with E-state index < -0.39 is 12.1 Å². The maximum absolute atomic E-state index is 12.2. The van der Waals surface area contributed by atoms with Crippen molar-refractivity contribution in [3.63, 3.8) is 0 Å². The summed E-state index contributed by atoms with van der Waals surface area (Å²) >= 11 is 0. The number of aliphatic hydroxyl groups excluding tert-OH is 1. The van der Waals surface area contributed by atoms with Gasteiger partial charge in [0.1, 0.15) is 0 Å². The second-order valence-electron chi connectivity index (χ2n) is 7.09. The topological polar surface area (TPSA) is 77.8 Å². The minimum absolute atomic E-state index is 0.00350. The molecule has 0 radical (unpaired) electrons. The van der Waals surface area contributed by atoms with Crippen molar-refractivity contribution < 1.29 is 19.8 Å². The number of hydrogen-bond donors (Lipinski definition) is 2. The van der Waals surface area contributed by atoms with Crippen molar-refractivity contribution in [2.75, 3.05) is 6.54 Å². The van der Waals surface area contributed by atoms with Crippen molar-refractivity contribution in [3.8, 4) is 0 Å². The number of carbonyl (C=O) groups excluding carboxylic acids is 1. The van der Waals surface area contributed by atoms with Crippen LogP contribution >= 0.6 is 0 Å². The summed E-state index contributed by atoms with van der Waals surface area (Å²) in [6, 6.07) is 16.6. The third-order valence-electron chi connectivity index (χ3n) is 5.06. The summed E-state index contributed by atoms with van der Waals surface area (Å²) < 4.78 is 0. The van der Waals surface area contributed by atoms with Crippen molar-refractivity contribution in [2.45, 2.75) is 37.8 Å². The fourth-order valence-corrected chi connectivity index (χ4v) is 3.49. The van der Waals surface area contributed by atoms with E-state index in [1.807, 2.05) is 41.3 Å². The lowest BCUT2D eigenvalue weighted by Gasteiger charge is -2.23. The Labute approximate surface area is 164 Å². The summed E-state index contributed by atoms with van der Waals surface area (Å²) in [5.74, 6) is -0.824. The molecule has 0 saturated carbocycles. The molecule has 1 amide bonds. The lowest BCUT2D eigenvalue weighted by Crippen LogP contribution is -2.33. The van der Waals surface area contributed by atoms with Crippen LogP contribution in [0.5, 0.6) is 0 Å². The first-order valence-electron chi connectivity index (χ1n) is 9.55. The number of carboxylic acids is 1. The smallest absolute Gasteiger partial charge is 0.335 e. The lowest BCUT2D eigenvalue weighted by molar-refractivity contribution is -0.128. The fraction of sp³-hybridized carbons (Fsp3) is 0.304. The standard InChI is InChI=1S/C23H25NO4/c25-21(16-18-4-2-1-3-5-18)12-10-20-11-13-22(26)24(20)15-14-17-6-8-19(9-7-17)23(27)28/h1-10,12,20-21,25H,11,13-16H2,(H,27,28)/b12-10+/t20-,21-/m0/s1. The number of carboxylic acid groups (broad SMARTS) is 1. The van der Waals surface area contributed by atoms with Gasteiger partial charge < -0.3 is 15.1 Å². The molecule has 5 nitrogen and oxygen atoms in total. The number of rotatable bonds is 8. The number of nitrogens with zero attached hydrogens (tertiary/aromatic N) is 1. The van der Waals surface area contributed by atoms with Crippen LogP contribution in [0.25, 0.3) is 0 Å².